The quantitative estimate of drug-likeness (QED) is 0.878. The molecule has 0 saturated carbocycles. The van der Waals surface area contributed by atoms with E-state index in [4.69, 9.17) is 22.6 Å². The molecule has 1 aromatic rings. The van der Waals surface area contributed by atoms with E-state index in [1.54, 1.807) is 12.1 Å². The van der Waals surface area contributed by atoms with Gasteiger partial charge in [-0.15, -0.1) is 0 Å². The van der Waals surface area contributed by atoms with Crippen LogP contribution in [-0.2, 0) is 4.79 Å². The first-order valence-electron chi connectivity index (χ1n) is 5.70. The van der Waals surface area contributed by atoms with Crippen LogP contribution in [0.2, 0.25) is 5.02 Å². The third kappa shape index (κ3) is 4.02. The molecule has 0 saturated heterocycles. The number of hydrogen-bond donors (Lipinski definition) is 2. The average molecular weight is 266 g/mol. The van der Waals surface area contributed by atoms with Crippen molar-refractivity contribution in [2.45, 2.75) is 26.3 Å². The zero-order chi connectivity index (χ0) is 13.7. The van der Waals surface area contributed by atoms with Gasteiger partial charge in [0.05, 0.1) is 28.4 Å². The number of anilines is 1. The molecule has 0 aliphatic heterocycles. The summed E-state index contributed by atoms with van der Waals surface area (Å²) < 4.78 is 0. The zero-order valence-electron chi connectivity index (χ0n) is 10.4. The van der Waals surface area contributed by atoms with Crippen molar-refractivity contribution in [3.63, 3.8) is 0 Å². The van der Waals surface area contributed by atoms with Crippen molar-refractivity contribution in [3.05, 3.63) is 28.8 Å². The monoisotopic (exact) mass is 265 g/mol. The van der Waals surface area contributed by atoms with Crippen LogP contribution in [0.25, 0.3) is 0 Å². The van der Waals surface area contributed by atoms with E-state index in [0.717, 1.165) is 0 Å². The summed E-state index contributed by atoms with van der Waals surface area (Å²) in [5.41, 5.74) is 6.62. The molecule has 0 bridgehead atoms. The second kappa shape index (κ2) is 6.39. The smallest absolute Gasteiger partial charge is 0.241 e. The fourth-order valence-electron chi connectivity index (χ4n) is 1.53. The fraction of sp³-hybridized carbons (Fsp3) is 0.385. The molecular formula is C13H16ClN3O. The predicted octanol–water partition coefficient (Wildman–Crippen LogP) is 2.52. The van der Waals surface area contributed by atoms with Gasteiger partial charge < -0.3 is 11.1 Å². The highest BCUT2D eigenvalue weighted by Crippen LogP contribution is 2.23. The Hall–Kier alpha value is -1.57. The highest BCUT2D eigenvalue weighted by Gasteiger charge is 2.16. The molecule has 1 atom stereocenters. The fourth-order valence-corrected chi connectivity index (χ4v) is 1.70. The van der Waals surface area contributed by atoms with Gasteiger partial charge in [-0.25, -0.2) is 0 Å². The zero-order valence-corrected chi connectivity index (χ0v) is 11.2. The normalized spacial score (nSPS) is 12.0. The molecule has 18 heavy (non-hydrogen) atoms. The average Bonchev–Trinajstić information content (AvgIpc) is 2.31. The third-order valence-electron chi connectivity index (χ3n) is 2.42. The summed E-state index contributed by atoms with van der Waals surface area (Å²) in [6, 6.07) is 6.10. The number of hydrogen-bond acceptors (Lipinski definition) is 3. The molecule has 0 radical (unpaired) electrons. The van der Waals surface area contributed by atoms with Crippen LogP contribution in [0.5, 0.6) is 0 Å². The molecule has 4 nitrogen and oxygen atoms in total. The van der Waals surface area contributed by atoms with Crippen molar-refractivity contribution in [2.24, 2.45) is 11.7 Å². The Morgan fingerprint density at radius 1 is 1.56 bits per heavy atom. The number of benzene rings is 1. The first-order valence-corrected chi connectivity index (χ1v) is 6.08. The number of nitrogens with zero attached hydrogens (tertiary/aromatic N) is 1. The maximum Gasteiger partial charge on any atom is 0.241 e. The molecule has 0 heterocycles. The number of carbonyl (C=O) groups excluding carboxylic acids is 1. The minimum Gasteiger partial charge on any atom is -0.323 e. The van der Waals surface area contributed by atoms with Crippen molar-refractivity contribution in [1.29, 1.82) is 5.26 Å². The SMILES string of the molecule is CC(C)C[C@@H](N)C(=O)Nc1cc(C#N)ccc1Cl. The number of amides is 1. The first-order chi connectivity index (χ1) is 8.43. The molecular weight excluding hydrogens is 250 g/mol. The van der Waals surface area contributed by atoms with Crippen LogP contribution in [0.1, 0.15) is 25.8 Å². The van der Waals surface area contributed by atoms with Crippen LogP contribution >= 0.6 is 11.6 Å². The van der Waals surface area contributed by atoms with Gasteiger partial charge in [-0.05, 0) is 30.5 Å². The lowest BCUT2D eigenvalue weighted by molar-refractivity contribution is -0.117. The predicted molar refractivity (Wildman–Crippen MR) is 72.2 cm³/mol. The molecule has 0 aromatic heterocycles. The molecule has 5 heteroatoms. The van der Waals surface area contributed by atoms with Crippen molar-refractivity contribution in [2.75, 3.05) is 5.32 Å². The molecule has 0 unspecified atom stereocenters. The largest absolute Gasteiger partial charge is 0.323 e. The summed E-state index contributed by atoms with van der Waals surface area (Å²) in [6.07, 6.45) is 0.599. The Balaban J connectivity index is 2.78. The van der Waals surface area contributed by atoms with Crippen LogP contribution in [0, 0.1) is 17.2 Å². The van der Waals surface area contributed by atoms with E-state index >= 15 is 0 Å². The highest BCUT2D eigenvalue weighted by molar-refractivity contribution is 6.33. The van der Waals surface area contributed by atoms with Crippen LogP contribution in [-0.4, -0.2) is 11.9 Å². The minimum absolute atomic E-state index is 0.291. The van der Waals surface area contributed by atoms with E-state index in [2.05, 4.69) is 5.32 Å². The number of nitrogens with one attached hydrogen (secondary N) is 1. The van der Waals surface area contributed by atoms with Gasteiger partial charge in [-0.3, -0.25) is 4.79 Å². The van der Waals surface area contributed by atoms with E-state index in [1.165, 1.54) is 6.07 Å². The molecule has 0 fully saturated rings. The van der Waals surface area contributed by atoms with Gasteiger partial charge in [0.25, 0.3) is 0 Å². The number of rotatable bonds is 4. The maximum atomic E-state index is 11.8. The molecule has 0 spiro atoms. The second-order valence-electron chi connectivity index (χ2n) is 4.53. The highest BCUT2D eigenvalue weighted by atomic mass is 35.5. The molecule has 1 aromatic carbocycles. The van der Waals surface area contributed by atoms with E-state index in [9.17, 15) is 4.79 Å². The Bertz CT molecular complexity index is 480. The lowest BCUT2D eigenvalue weighted by Crippen LogP contribution is -2.36. The van der Waals surface area contributed by atoms with E-state index < -0.39 is 6.04 Å². The van der Waals surface area contributed by atoms with Gasteiger partial charge in [0.15, 0.2) is 0 Å². The third-order valence-corrected chi connectivity index (χ3v) is 2.75. The van der Waals surface area contributed by atoms with Crippen LogP contribution < -0.4 is 11.1 Å². The van der Waals surface area contributed by atoms with Crippen LogP contribution in [0.3, 0.4) is 0 Å². The van der Waals surface area contributed by atoms with Crippen molar-refractivity contribution in [1.82, 2.24) is 0 Å². The van der Waals surface area contributed by atoms with Crippen molar-refractivity contribution >= 4 is 23.2 Å². The Morgan fingerprint density at radius 3 is 2.78 bits per heavy atom. The van der Waals surface area contributed by atoms with E-state index in [0.29, 0.717) is 28.6 Å². The molecule has 0 aliphatic rings. The van der Waals surface area contributed by atoms with Gasteiger partial charge in [-0.2, -0.15) is 5.26 Å². The number of nitriles is 1. The molecule has 96 valence electrons. The van der Waals surface area contributed by atoms with E-state index in [1.807, 2.05) is 19.9 Å². The number of nitrogens with two attached hydrogens (primary N) is 1. The molecule has 3 N–H and O–H groups in total. The second-order valence-corrected chi connectivity index (χ2v) is 4.94. The Kier molecular flexibility index (Phi) is 5.14. The Labute approximate surface area is 112 Å². The lowest BCUT2D eigenvalue weighted by atomic mass is 10.0. The minimum atomic E-state index is -0.577. The standard InChI is InChI=1S/C13H16ClN3O/c1-8(2)5-11(16)13(18)17-12-6-9(7-15)3-4-10(12)14/h3-4,6,8,11H,5,16H2,1-2H3,(H,17,18)/t11-/m1/s1. The summed E-state index contributed by atoms with van der Waals surface area (Å²) in [5, 5.41) is 11.8. The van der Waals surface area contributed by atoms with Crippen molar-refractivity contribution < 1.29 is 4.79 Å². The van der Waals surface area contributed by atoms with Gasteiger partial charge in [0.2, 0.25) is 5.91 Å². The van der Waals surface area contributed by atoms with E-state index in [-0.39, 0.29) is 5.91 Å². The first kappa shape index (κ1) is 14.5. The summed E-state index contributed by atoms with van der Waals surface area (Å²) in [6.45, 7) is 3.99. The summed E-state index contributed by atoms with van der Waals surface area (Å²) in [4.78, 5) is 11.8. The van der Waals surface area contributed by atoms with Crippen LogP contribution in [0.15, 0.2) is 18.2 Å². The molecule has 1 amide bonds. The Morgan fingerprint density at radius 2 is 2.22 bits per heavy atom. The van der Waals surface area contributed by atoms with Crippen molar-refractivity contribution in [3.8, 4) is 6.07 Å². The van der Waals surface area contributed by atoms with Crippen LogP contribution in [0.4, 0.5) is 5.69 Å². The summed E-state index contributed by atoms with van der Waals surface area (Å²) >= 11 is 5.94. The molecule has 0 aliphatic carbocycles. The maximum absolute atomic E-state index is 11.8. The topological polar surface area (TPSA) is 78.9 Å². The number of carbonyl (C=O) groups is 1. The number of halogens is 1. The summed E-state index contributed by atoms with van der Waals surface area (Å²) in [7, 11) is 0. The van der Waals surface area contributed by atoms with Gasteiger partial charge in [-0.1, -0.05) is 25.4 Å². The lowest BCUT2D eigenvalue weighted by Gasteiger charge is -2.14. The molecule has 1 rings (SSSR count). The van der Waals surface area contributed by atoms with Gasteiger partial charge >= 0.3 is 0 Å². The summed E-state index contributed by atoms with van der Waals surface area (Å²) in [5.74, 6) is 0.0485. The van der Waals surface area contributed by atoms with Gasteiger partial charge in [0.1, 0.15) is 0 Å². The van der Waals surface area contributed by atoms with Gasteiger partial charge in [0, 0.05) is 0 Å².